The van der Waals surface area contributed by atoms with Crippen LogP contribution in [0.1, 0.15) is 24.0 Å². The molecule has 7 nitrogen and oxygen atoms in total. The number of rotatable bonds is 8. The second kappa shape index (κ2) is 8.97. The molecule has 3 heterocycles. The van der Waals surface area contributed by atoms with Gasteiger partial charge in [0.05, 0.1) is 29.1 Å². The van der Waals surface area contributed by atoms with Gasteiger partial charge in [0, 0.05) is 41.9 Å². The summed E-state index contributed by atoms with van der Waals surface area (Å²) in [6, 6.07) is 7.64. The van der Waals surface area contributed by atoms with Gasteiger partial charge in [0.25, 0.3) is 0 Å². The minimum atomic E-state index is 0.00803. The fourth-order valence-electron chi connectivity index (χ4n) is 3.41. The highest BCUT2D eigenvalue weighted by atomic mass is 35.5. The lowest BCUT2D eigenvalue weighted by Gasteiger charge is -2.05. The topological polar surface area (TPSA) is 77.6 Å². The molecule has 0 fully saturated rings. The third-order valence-electron chi connectivity index (χ3n) is 4.91. The first-order chi connectivity index (χ1) is 14.5. The van der Waals surface area contributed by atoms with Crippen molar-refractivity contribution in [2.75, 3.05) is 6.54 Å². The van der Waals surface area contributed by atoms with E-state index in [0.717, 1.165) is 39.5 Å². The smallest absolute Gasteiger partial charge is 0.221 e. The van der Waals surface area contributed by atoms with Gasteiger partial charge in [0.15, 0.2) is 0 Å². The van der Waals surface area contributed by atoms with Crippen LogP contribution in [0.25, 0.3) is 22.3 Å². The average Bonchev–Trinajstić information content (AvgIpc) is 3.44. The van der Waals surface area contributed by atoms with Crippen LogP contribution in [0, 0.1) is 6.92 Å². The predicted octanol–water partition coefficient (Wildman–Crippen LogP) is 4.09. The lowest BCUT2D eigenvalue weighted by molar-refractivity contribution is -0.121. The molecular formula is C21H23ClN6OS. The largest absolute Gasteiger partial charge is 0.356 e. The first kappa shape index (κ1) is 20.6. The number of thiazole rings is 1. The third-order valence-corrected chi connectivity index (χ3v) is 6.08. The Bertz CT molecular complexity index is 1160. The zero-order valence-corrected chi connectivity index (χ0v) is 18.5. The van der Waals surface area contributed by atoms with Gasteiger partial charge >= 0.3 is 0 Å². The quantitative estimate of drug-likeness (QED) is 0.446. The van der Waals surface area contributed by atoms with Gasteiger partial charge in [-0.05, 0) is 26.0 Å². The number of benzene rings is 1. The standard InChI is InChI=1S/C21H23ClN6OS/c1-3-27-18-12-24-28(21(18)14(2)26-27)11-9-19(29)23-10-8-20-25-17(13-30-20)15-4-6-16(22)7-5-15/h4-7,12-13H,3,8-11H2,1-2H3,(H,23,29). The number of aryl methyl sites for hydroxylation is 3. The predicted molar refractivity (Wildman–Crippen MR) is 120 cm³/mol. The van der Waals surface area contributed by atoms with Gasteiger partial charge < -0.3 is 5.32 Å². The Labute approximate surface area is 183 Å². The number of carbonyl (C=O) groups excluding carboxylic acids is 1. The van der Waals surface area contributed by atoms with Gasteiger partial charge in [-0.25, -0.2) is 4.98 Å². The molecule has 156 valence electrons. The normalized spacial score (nSPS) is 11.3. The molecule has 0 unspecified atom stereocenters. The molecule has 0 radical (unpaired) electrons. The summed E-state index contributed by atoms with van der Waals surface area (Å²) >= 11 is 7.54. The minimum Gasteiger partial charge on any atom is -0.356 e. The molecule has 4 rings (SSSR count). The summed E-state index contributed by atoms with van der Waals surface area (Å²) in [6.45, 7) is 5.92. The van der Waals surface area contributed by atoms with Crippen molar-refractivity contribution in [2.24, 2.45) is 0 Å². The van der Waals surface area contributed by atoms with Crippen molar-refractivity contribution in [3.8, 4) is 11.3 Å². The summed E-state index contributed by atoms with van der Waals surface area (Å²) in [7, 11) is 0. The van der Waals surface area contributed by atoms with Crippen molar-refractivity contribution >= 4 is 39.9 Å². The summed E-state index contributed by atoms with van der Waals surface area (Å²) in [5.74, 6) is 0.00803. The zero-order valence-electron chi connectivity index (χ0n) is 16.9. The number of fused-ring (bicyclic) bond motifs is 1. The molecule has 1 aromatic carbocycles. The number of nitrogens with one attached hydrogen (secondary N) is 1. The molecule has 0 aliphatic carbocycles. The first-order valence-corrected chi connectivity index (χ1v) is 11.2. The van der Waals surface area contributed by atoms with E-state index in [2.05, 4.69) is 27.4 Å². The van der Waals surface area contributed by atoms with Crippen LogP contribution < -0.4 is 5.32 Å². The Hall–Kier alpha value is -2.71. The number of amides is 1. The van der Waals surface area contributed by atoms with E-state index in [1.165, 1.54) is 0 Å². The van der Waals surface area contributed by atoms with Gasteiger partial charge in [0.1, 0.15) is 11.0 Å². The van der Waals surface area contributed by atoms with Crippen LogP contribution in [-0.2, 0) is 24.3 Å². The van der Waals surface area contributed by atoms with Crippen LogP contribution in [-0.4, -0.2) is 37.0 Å². The highest BCUT2D eigenvalue weighted by molar-refractivity contribution is 7.09. The Morgan fingerprint density at radius 2 is 2.03 bits per heavy atom. The second-order valence-electron chi connectivity index (χ2n) is 6.99. The van der Waals surface area contributed by atoms with Gasteiger partial charge in [0.2, 0.25) is 5.91 Å². The molecule has 0 atom stereocenters. The maximum atomic E-state index is 12.3. The number of nitrogens with zero attached hydrogens (tertiary/aromatic N) is 5. The van der Waals surface area contributed by atoms with E-state index >= 15 is 0 Å². The molecule has 0 saturated heterocycles. The van der Waals surface area contributed by atoms with Gasteiger partial charge in [-0.1, -0.05) is 23.7 Å². The van der Waals surface area contributed by atoms with Crippen molar-refractivity contribution in [3.05, 3.63) is 51.6 Å². The van der Waals surface area contributed by atoms with E-state index in [4.69, 9.17) is 11.6 Å². The van der Waals surface area contributed by atoms with E-state index in [1.54, 1.807) is 11.3 Å². The minimum absolute atomic E-state index is 0.00803. The number of halogens is 1. The molecule has 1 N–H and O–H groups in total. The fraction of sp³-hybridized carbons (Fsp3) is 0.333. The van der Waals surface area contributed by atoms with Gasteiger partial charge in [-0.2, -0.15) is 10.2 Å². The van der Waals surface area contributed by atoms with E-state index in [0.29, 0.717) is 31.0 Å². The van der Waals surface area contributed by atoms with E-state index in [9.17, 15) is 4.79 Å². The maximum absolute atomic E-state index is 12.3. The van der Waals surface area contributed by atoms with Crippen molar-refractivity contribution in [1.29, 1.82) is 0 Å². The Balaban J connectivity index is 1.27. The molecule has 0 aliphatic rings. The highest BCUT2D eigenvalue weighted by Crippen LogP contribution is 2.23. The number of hydrogen-bond acceptors (Lipinski definition) is 5. The Kier molecular flexibility index (Phi) is 6.15. The fourth-order valence-corrected chi connectivity index (χ4v) is 4.35. The van der Waals surface area contributed by atoms with Crippen molar-refractivity contribution < 1.29 is 4.79 Å². The van der Waals surface area contributed by atoms with Crippen LogP contribution in [0.2, 0.25) is 5.02 Å². The number of hydrogen-bond donors (Lipinski definition) is 1. The van der Waals surface area contributed by atoms with E-state index in [1.807, 2.05) is 52.1 Å². The summed E-state index contributed by atoms with van der Waals surface area (Å²) in [6.07, 6.45) is 2.90. The lowest BCUT2D eigenvalue weighted by atomic mass is 10.2. The SMILES string of the molecule is CCn1nc(C)c2c1cnn2CCC(=O)NCCc1nc(-c2ccc(Cl)cc2)cs1. The highest BCUT2D eigenvalue weighted by Gasteiger charge is 2.13. The molecule has 30 heavy (non-hydrogen) atoms. The van der Waals surface area contributed by atoms with Gasteiger partial charge in [-0.3, -0.25) is 14.2 Å². The molecule has 0 aliphatic heterocycles. The molecule has 0 bridgehead atoms. The summed E-state index contributed by atoms with van der Waals surface area (Å²) in [4.78, 5) is 16.9. The van der Waals surface area contributed by atoms with Crippen molar-refractivity contribution in [3.63, 3.8) is 0 Å². The van der Waals surface area contributed by atoms with Crippen LogP contribution in [0.15, 0.2) is 35.8 Å². The lowest BCUT2D eigenvalue weighted by Crippen LogP contribution is -2.26. The first-order valence-electron chi connectivity index (χ1n) is 9.91. The zero-order chi connectivity index (χ0) is 21.1. The second-order valence-corrected chi connectivity index (χ2v) is 8.37. The molecule has 9 heteroatoms. The van der Waals surface area contributed by atoms with Crippen molar-refractivity contribution in [2.45, 2.75) is 39.8 Å². The molecule has 4 aromatic rings. The number of carbonyl (C=O) groups is 1. The monoisotopic (exact) mass is 442 g/mol. The summed E-state index contributed by atoms with van der Waals surface area (Å²) < 4.78 is 3.79. The molecule has 3 aromatic heterocycles. The molecular weight excluding hydrogens is 420 g/mol. The van der Waals surface area contributed by atoms with Crippen LogP contribution in [0.4, 0.5) is 0 Å². The summed E-state index contributed by atoms with van der Waals surface area (Å²) in [5, 5.41) is 15.6. The molecule has 0 spiro atoms. The van der Waals surface area contributed by atoms with Crippen LogP contribution in [0.5, 0.6) is 0 Å². The maximum Gasteiger partial charge on any atom is 0.221 e. The van der Waals surface area contributed by atoms with Crippen LogP contribution in [0.3, 0.4) is 0 Å². The number of aromatic nitrogens is 5. The third kappa shape index (κ3) is 4.39. The average molecular weight is 443 g/mol. The van der Waals surface area contributed by atoms with E-state index in [-0.39, 0.29) is 5.91 Å². The molecule has 1 amide bonds. The van der Waals surface area contributed by atoms with Gasteiger partial charge in [-0.15, -0.1) is 11.3 Å². The Morgan fingerprint density at radius 3 is 2.80 bits per heavy atom. The van der Waals surface area contributed by atoms with E-state index < -0.39 is 0 Å². The summed E-state index contributed by atoms with van der Waals surface area (Å²) in [5.41, 5.74) is 4.92. The van der Waals surface area contributed by atoms with Crippen LogP contribution >= 0.6 is 22.9 Å². The van der Waals surface area contributed by atoms with Crippen molar-refractivity contribution in [1.82, 2.24) is 29.9 Å². The molecule has 0 saturated carbocycles. The Morgan fingerprint density at radius 1 is 1.23 bits per heavy atom.